The summed E-state index contributed by atoms with van der Waals surface area (Å²) in [5.74, 6) is 0. The van der Waals surface area contributed by atoms with E-state index in [0.717, 1.165) is 16.3 Å². The topological polar surface area (TPSA) is 58.8 Å². The second-order valence-electron chi connectivity index (χ2n) is 5.17. The lowest BCUT2D eigenvalue weighted by atomic mass is 9.97. The first-order chi connectivity index (χ1) is 9.10. The standard InChI is InChI=1S/C13H19N3O2S/c1-9-11(16-4-6-19-12(16)15-9)7-14-8-13(17)3-5-18-10(13)2/h4,6,10,14,17H,3,5,7-8H2,1-2H3. The molecule has 5 nitrogen and oxygen atoms in total. The highest BCUT2D eigenvalue weighted by molar-refractivity contribution is 7.15. The van der Waals surface area contributed by atoms with Gasteiger partial charge in [0.2, 0.25) is 0 Å². The van der Waals surface area contributed by atoms with Gasteiger partial charge in [0.15, 0.2) is 4.96 Å². The number of fused-ring (bicyclic) bond motifs is 1. The Morgan fingerprint density at radius 1 is 1.68 bits per heavy atom. The number of nitrogens with zero attached hydrogens (tertiary/aromatic N) is 2. The van der Waals surface area contributed by atoms with Crippen molar-refractivity contribution in [1.82, 2.24) is 14.7 Å². The highest BCUT2D eigenvalue weighted by atomic mass is 32.1. The number of thiazole rings is 1. The van der Waals surface area contributed by atoms with Crippen LogP contribution in [0.25, 0.3) is 4.96 Å². The third-order valence-electron chi connectivity index (χ3n) is 3.94. The van der Waals surface area contributed by atoms with Gasteiger partial charge < -0.3 is 15.2 Å². The number of aryl methyl sites for hydroxylation is 1. The van der Waals surface area contributed by atoms with Crippen LogP contribution in [0.2, 0.25) is 0 Å². The van der Waals surface area contributed by atoms with Gasteiger partial charge in [-0.1, -0.05) is 0 Å². The van der Waals surface area contributed by atoms with Crippen molar-refractivity contribution < 1.29 is 9.84 Å². The fourth-order valence-corrected chi connectivity index (χ4v) is 3.33. The molecule has 0 aliphatic carbocycles. The second kappa shape index (κ2) is 4.86. The van der Waals surface area contributed by atoms with Crippen molar-refractivity contribution in [1.29, 1.82) is 0 Å². The maximum Gasteiger partial charge on any atom is 0.194 e. The summed E-state index contributed by atoms with van der Waals surface area (Å²) >= 11 is 1.64. The Labute approximate surface area is 116 Å². The summed E-state index contributed by atoms with van der Waals surface area (Å²) in [5, 5.41) is 15.8. The quantitative estimate of drug-likeness (QED) is 0.888. The third kappa shape index (κ3) is 2.29. The zero-order valence-corrected chi connectivity index (χ0v) is 12.0. The van der Waals surface area contributed by atoms with Crippen LogP contribution in [0.3, 0.4) is 0 Å². The van der Waals surface area contributed by atoms with E-state index in [-0.39, 0.29) is 6.10 Å². The number of hydrogen-bond donors (Lipinski definition) is 2. The molecule has 3 heterocycles. The first-order valence-electron chi connectivity index (χ1n) is 6.56. The molecule has 3 rings (SSSR count). The number of aromatic nitrogens is 2. The van der Waals surface area contributed by atoms with Crippen LogP contribution in [0, 0.1) is 6.92 Å². The summed E-state index contributed by atoms with van der Waals surface area (Å²) < 4.78 is 7.53. The van der Waals surface area contributed by atoms with Crippen LogP contribution in [0.5, 0.6) is 0 Å². The third-order valence-corrected chi connectivity index (χ3v) is 4.70. The molecule has 2 atom stereocenters. The van der Waals surface area contributed by atoms with Crippen molar-refractivity contribution in [3.8, 4) is 0 Å². The van der Waals surface area contributed by atoms with Crippen molar-refractivity contribution in [3.63, 3.8) is 0 Å². The summed E-state index contributed by atoms with van der Waals surface area (Å²) in [4.78, 5) is 5.53. The molecule has 1 fully saturated rings. The Hall–Kier alpha value is -0.950. The molecule has 0 radical (unpaired) electrons. The summed E-state index contributed by atoms with van der Waals surface area (Å²) in [7, 11) is 0. The lowest BCUT2D eigenvalue weighted by molar-refractivity contribution is -0.0263. The smallest absolute Gasteiger partial charge is 0.194 e. The van der Waals surface area contributed by atoms with Gasteiger partial charge in [0.1, 0.15) is 5.60 Å². The predicted molar refractivity (Wildman–Crippen MR) is 74.5 cm³/mol. The van der Waals surface area contributed by atoms with Crippen LogP contribution in [0.4, 0.5) is 0 Å². The fourth-order valence-electron chi connectivity index (χ4n) is 2.55. The van der Waals surface area contributed by atoms with Crippen LogP contribution in [0.15, 0.2) is 11.6 Å². The average molecular weight is 281 g/mol. The van der Waals surface area contributed by atoms with E-state index in [4.69, 9.17) is 4.74 Å². The van der Waals surface area contributed by atoms with Crippen molar-refractivity contribution in [3.05, 3.63) is 23.0 Å². The number of rotatable bonds is 4. The molecule has 1 saturated heterocycles. The van der Waals surface area contributed by atoms with Crippen LogP contribution >= 0.6 is 11.3 Å². The van der Waals surface area contributed by atoms with E-state index in [1.807, 2.05) is 25.4 Å². The van der Waals surface area contributed by atoms with E-state index in [1.54, 1.807) is 11.3 Å². The lowest BCUT2D eigenvalue weighted by Gasteiger charge is -2.26. The van der Waals surface area contributed by atoms with Crippen LogP contribution in [0.1, 0.15) is 24.7 Å². The van der Waals surface area contributed by atoms with Crippen molar-refractivity contribution >= 4 is 16.3 Å². The molecule has 19 heavy (non-hydrogen) atoms. The summed E-state index contributed by atoms with van der Waals surface area (Å²) in [6.45, 7) is 5.84. The Morgan fingerprint density at radius 2 is 2.53 bits per heavy atom. The monoisotopic (exact) mass is 281 g/mol. The number of nitrogens with one attached hydrogen (secondary N) is 1. The van der Waals surface area contributed by atoms with Crippen LogP contribution in [-0.2, 0) is 11.3 Å². The molecule has 0 bridgehead atoms. The molecule has 0 spiro atoms. The highest BCUT2D eigenvalue weighted by Gasteiger charge is 2.39. The molecule has 2 N–H and O–H groups in total. The molecule has 0 saturated carbocycles. The van der Waals surface area contributed by atoms with Gasteiger partial charge in [0, 0.05) is 37.7 Å². The van der Waals surface area contributed by atoms with Gasteiger partial charge in [-0.25, -0.2) is 4.98 Å². The van der Waals surface area contributed by atoms with E-state index in [2.05, 4.69) is 14.7 Å². The molecule has 6 heteroatoms. The molecule has 0 amide bonds. The first kappa shape index (κ1) is 13.1. The van der Waals surface area contributed by atoms with Gasteiger partial charge in [0.25, 0.3) is 0 Å². The summed E-state index contributed by atoms with van der Waals surface area (Å²) in [5.41, 5.74) is 1.46. The zero-order valence-electron chi connectivity index (χ0n) is 11.2. The van der Waals surface area contributed by atoms with E-state index < -0.39 is 5.60 Å². The van der Waals surface area contributed by atoms with Crippen LogP contribution in [-0.4, -0.2) is 39.3 Å². The minimum absolute atomic E-state index is 0.104. The number of imidazole rings is 1. The number of aliphatic hydroxyl groups is 1. The Bertz CT molecular complexity index is 579. The van der Waals surface area contributed by atoms with Gasteiger partial charge in [-0.3, -0.25) is 4.40 Å². The lowest BCUT2D eigenvalue weighted by Crippen LogP contribution is -2.45. The fraction of sp³-hybridized carbons (Fsp3) is 0.615. The van der Waals surface area contributed by atoms with E-state index in [9.17, 15) is 5.11 Å². The summed E-state index contributed by atoms with van der Waals surface area (Å²) in [6, 6.07) is 0. The molecule has 1 aliphatic heterocycles. The number of ether oxygens (including phenoxy) is 1. The van der Waals surface area contributed by atoms with Crippen molar-refractivity contribution in [2.24, 2.45) is 0 Å². The Morgan fingerprint density at radius 3 is 3.26 bits per heavy atom. The minimum Gasteiger partial charge on any atom is -0.386 e. The second-order valence-corrected chi connectivity index (χ2v) is 6.04. The zero-order chi connectivity index (χ0) is 13.5. The van der Waals surface area contributed by atoms with E-state index >= 15 is 0 Å². The average Bonchev–Trinajstić information content (AvgIpc) is 3.00. The van der Waals surface area contributed by atoms with Gasteiger partial charge in [-0.15, -0.1) is 11.3 Å². The van der Waals surface area contributed by atoms with E-state index in [0.29, 0.717) is 26.1 Å². The summed E-state index contributed by atoms with van der Waals surface area (Å²) in [6.07, 6.45) is 2.63. The first-order valence-corrected chi connectivity index (χ1v) is 7.44. The maximum absolute atomic E-state index is 10.4. The van der Waals surface area contributed by atoms with E-state index in [1.165, 1.54) is 0 Å². The number of hydrogen-bond acceptors (Lipinski definition) is 5. The Kier molecular flexibility index (Phi) is 3.34. The normalized spacial score (nSPS) is 27.4. The molecule has 2 aromatic rings. The SMILES string of the molecule is Cc1nc2sccn2c1CNCC1(O)CCOC1C. The maximum atomic E-state index is 10.4. The minimum atomic E-state index is -0.744. The van der Waals surface area contributed by atoms with Gasteiger partial charge >= 0.3 is 0 Å². The largest absolute Gasteiger partial charge is 0.386 e. The van der Waals surface area contributed by atoms with Gasteiger partial charge in [-0.05, 0) is 13.8 Å². The van der Waals surface area contributed by atoms with Crippen molar-refractivity contribution in [2.45, 2.75) is 38.5 Å². The molecule has 0 aromatic carbocycles. The molecule has 1 aliphatic rings. The molecule has 104 valence electrons. The van der Waals surface area contributed by atoms with Crippen LogP contribution < -0.4 is 5.32 Å². The van der Waals surface area contributed by atoms with Crippen molar-refractivity contribution in [2.75, 3.05) is 13.2 Å². The molecule has 2 unspecified atom stereocenters. The van der Waals surface area contributed by atoms with Gasteiger partial charge in [0.05, 0.1) is 17.5 Å². The molecule has 2 aromatic heterocycles. The van der Waals surface area contributed by atoms with Gasteiger partial charge in [-0.2, -0.15) is 0 Å². The highest BCUT2D eigenvalue weighted by Crippen LogP contribution is 2.25. The molecular weight excluding hydrogens is 262 g/mol. The Balaban J connectivity index is 1.66. The predicted octanol–water partition coefficient (Wildman–Crippen LogP) is 1.33. The molecular formula is C13H19N3O2S.